The quantitative estimate of drug-likeness (QED) is 0.217. The summed E-state index contributed by atoms with van der Waals surface area (Å²) in [5, 5.41) is 3.81. The van der Waals surface area contributed by atoms with Crippen LogP contribution in [0.3, 0.4) is 0 Å². The highest BCUT2D eigenvalue weighted by Gasteiger charge is 2.29. The minimum Gasteiger partial charge on any atom is -0.292 e. The molecule has 0 fully saturated rings. The summed E-state index contributed by atoms with van der Waals surface area (Å²) in [6.45, 7) is 0. The Balaban J connectivity index is 1.44. The van der Waals surface area contributed by atoms with Crippen molar-refractivity contribution < 1.29 is 0 Å². The third kappa shape index (κ3) is 2.18. The number of hydrogen-bond donors (Lipinski definition) is 0. The molecule has 2 aliphatic rings. The maximum Gasteiger partial charge on any atom is 0.146 e. The summed E-state index contributed by atoms with van der Waals surface area (Å²) in [7, 11) is 0. The molecule has 0 saturated heterocycles. The van der Waals surface area contributed by atoms with Gasteiger partial charge in [0, 0.05) is 10.8 Å². The molecule has 0 atom stereocenters. The van der Waals surface area contributed by atoms with E-state index in [9.17, 15) is 0 Å². The number of aromatic nitrogens is 2. The predicted octanol–water partition coefficient (Wildman–Crippen LogP) is 7.94. The standard InChI is InChI=1S/C33H20N2/c1-2-8-23-19(7-1)15-20-13-14-21-16-22-17-27-26(18-25(22)32(21)31(20)23)24-9-3-5-11-29(24)35-30-12-6-4-10-28(30)34-33(27)35/h1-14,17-18H,15-16H2. The number of fused-ring (bicyclic) bond motifs is 15. The van der Waals surface area contributed by atoms with Gasteiger partial charge in [-0.25, -0.2) is 4.98 Å². The highest BCUT2D eigenvalue weighted by atomic mass is 15.0. The largest absolute Gasteiger partial charge is 0.292 e. The average molecular weight is 445 g/mol. The Hall–Kier alpha value is -4.43. The molecule has 0 unspecified atom stereocenters. The van der Waals surface area contributed by atoms with Crippen LogP contribution in [-0.4, -0.2) is 9.38 Å². The lowest BCUT2D eigenvalue weighted by Crippen LogP contribution is -1.93. The summed E-state index contributed by atoms with van der Waals surface area (Å²) >= 11 is 0. The number of nitrogens with zero attached hydrogens (tertiary/aromatic N) is 2. The highest BCUT2D eigenvalue weighted by molar-refractivity contribution is 6.16. The van der Waals surface area contributed by atoms with Crippen molar-refractivity contribution in [3.63, 3.8) is 0 Å². The van der Waals surface area contributed by atoms with Gasteiger partial charge in [-0.1, -0.05) is 66.7 Å². The number of para-hydroxylation sites is 3. The number of rotatable bonds is 0. The van der Waals surface area contributed by atoms with Gasteiger partial charge >= 0.3 is 0 Å². The van der Waals surface area contributed by atoms with Gasteiger partial charge < -0.3 is 0 Å². The normalized spacial score (nSPS) is 13.5. The van der Waals surface area contributed by atoms with E-state index >= 15 is 0 Å². The summed E-state index contributed by atoms with van der Waals surface area (Å²) < 4.78 is 2.34. The van der Waals surface area contributed by atoms with Crippen LogP contribution < -0.4 is 0 Å². The Bertz CT molecular complexity index is 2060. The van der Waals surface area contributed by atoms with Crippen molar-refractivity contribution in [2.24, 2.45) is 0 Å². The van der Waals surface area contributed by atoms with Crippen LogP contribution in [0.1, 0.15) is 22.3 Å². The second-order valence-corrected chi connectivity index (χ2v) is 9.98. The number of hydrogen-bond acceptors (Lipinski definition) is 1. The zero-order valence-electron chi connectivity index (χ0n) is 19.0. The van der Waals surface area contributed by atoms with Crippen molar-refractivity contribution in [1.29, 1.82) is 0 Å². The van der Waals surface area contributed by atoms with Gasteiger partial charge in [-0.05, 0) is 93.1 Å². The molecule has 5 aromatic carbocycles. The zero-order valence-corrected chi connectivity index (χ0v) is 19.0. The summed E-state index contributed by atoms with van der Waals surface area (Å²) in [6.07, 6.45) is 2.02. The van der Waals surface area contributed by atoms with Crippen molar-refractivity contribution >= 4 is 38.4 Å². The maximum atomic E-state index is 5.12. The Kier molecular flexibility index (Phi) is 3.16. The monoisotopic (exact) mass is 444 g/mol. The van der Waals surface area contributed by atoms with E-state index in [0.29, 0.717) is 0 Å². The molecule has 2 nitrogen and oxygen atoms in total. The SMILES string of the molecule is c1ccc2c(c1)Cc1ccc3c(c1-2)-c1cc2c4ccccc4n4c5ccccc5nc4c2cc1C3. The zero-order chi connectivity index (χ0) is 22.7. The van der Waals surface area contributed by atoms with Gasteiger partial charge in [0.2, 0.25) is 0 Å². The van der Waals surface area contributed by atoms with Crippen LogP contribution in [0.25, 0.3) is 60.6 Å². The van der Waals surface area contributed by atoms with E-state index in [1.165, 1.54) is 71.7 Å². The van der Waals surface area contributed by atoms with Crippen LogP contribution in [0, 0.1) is 0 Å². The first kappa shape index (κ1) is 18.0. The van der Waals surface area contributed by atoms with E-state index in [1.54, 1.807) is 0 Å². The van der Waals surface area contributed by atoms with E-state index in [2.05, 4.69) is 101 Å². The molecule has 0 N–H and O–H groups in total. The minimum atomic E-state index is 0.981. The lowest BCUT2D eigenvalue weighted by molar-refractivity contribution is 1.23. The highest BCUT2D eigenvalue weighted by Crippen LogP contribution is 2.50. The molecule has 0 spiro atoms. The van der Waals surface area contributed by atoms with Crippen LogP contribution in [0.4, 0.5) is 0 Å². The molecule has 0 bridgehead atoms. The van der Waals surface area contributed by atoms with Crippen LogP contribution in [0.5, 0.6) is 0 Å². The van der Waals surface area contributed by atoms with Crippen LogP contribution in [0.15, 0.2) is 97.1 Å². The Morgan fingerprint density at radius 3 is 2.14 bits per heavy atom. The lowest BCUT2D eigenvalue weighted by atomic mass is 9.92. The molecule has 0 aliphatic heterocycles. The van der Waals surface area contributed by atoms with Gasteiger partial charge in [0.15, 0.2) is 0 Å². The second-order valence-electron chi connectivity index (χ2n) is 9.98. The van der Waals surface area contributed by atoms with E-state index in [1.807, 2.05) is 0 Å². The fourth-order valence-corrected chi connectivity index (χ4v) is 6.71. The summed E-state index contributed by atoms with van der Waals surface area (Å²) in [4.78, 5) is 5.12. The number of benzene rings is 5. The Morgan fingerprint density at radius 1 is 0.514 bits per heavy atom. The third-order valence-electron chi connectivity index (χ3n) is 8.18. The van der Waals surface area contributed by atoms with Gasteiger partial charge in [-0.2, -0.15) is 0 Å². The van der Waals surface area contributed by atoms with E-state index in [4.69, 9.17) is 4.98 Å². The molecule has 7 aromatic rings. The second kappa shape index (κ2) is 6.17. The first-order chi connectivity index (χ1) is 17.3. The van der Waals surface area contributed by atoms with Crippen molar-refractivity contribution in [2.75, 3.05) is 0 Å². The molecule has 162 valence electrons. The molecule has 2 aliphatic carbocycles. The lowest BCUT2D eigenvalue weighted by Gasteiger charge is -2.13. The van der Waals surface area contributed by atoms with Gasteiger partial charge in [0.05, 0.1) is 16.6 Å². The molecular weight excluding hydrogens is 424 g/mol. The van der Waals surface area contributed by atoms with Crippen LogP contribution in [0.2, 0.25) is 0 Å². The summed E-state index contributed by atoms with van der Waals surface area (Å²) in [5.41, 5.74) is 15.9. The van der Waals surface area contributed by atoms with Crippen molar-refractivity contribution in [1.82, 2.24) is 9.38 Å². The first-order valence-corrected chi connectivity index (χ1v) is 12.3. The molecule has 0 saturated carbocycles. The van der Waals surface area contributed by atoms with Crippen LogP contribution >= 0.6 is 0 Å². The van der Waals surface area contributed by atoms with Crippen molar-refractivity contribution in [3.8, 4) is 22.3 Å². The summed E-state index contributed by atoms with van der Waals surface area (Å²) in [5.74, 6) is 0. The van der Waals surface area contributed by atoms with Crippen molar-refractivity contribution in [3.05, 3.63) is 119 Å². The first-order valence-electron chi connectivity index (χ1n) is 12.3. The van der Waals surface area contributed by atoms with Crippen LogP contribution in [-0.2, 0) is 12.8 Å². The molecular formula is C33H20N2. The molecule has 0 radical (unpaired) electrons. The molecule has 35 heavy (non-hydrogen) atoms. The topological polar surface area (TPSA) is 17.3 Å². The molecule has 2 heterocycles. The van der Waals surface area contributed by atoms with Gasteiger partial charge in [0.1, 0.15) is 5.65 Å². The third-order valence-corrected chi connectivity index (χ3v) is 8.18. The van der Waals surface area contributed by atoms with Gasteiger partial charge in [0.25, 0.3) is 0 Å². The summed E-state index contributed by atoms with van der Waals surface area (Å²) in [6, 6.07) is 35.8. The molecule has 2 aromatic heterocycles. The molecule has 9 rings (SSSR count). The Morgan fingerprint density at radius 2 is 1.23 bits per heavy atom. The fraction of sp³-hybridized carbons (Fsp3) is 0.0606. The van der Waals surface area contributed by atoms with Gasteiger partial charge in [-0.3, -0.25) is 4.40 Å². The fourth-order valence-electron chi connectivity index (χ4n) is 6.71. The molecule has 2 heteroatoms. The average Bonchev–Trinajstić information content (AvgIpc) is 3.58. The van der Waals surface area contributed by atoms with E-state index in [0.717, 1.165) is 24.0 Å². The van der Waals surface area contributed by atoms with E-state index in [-0.39, 0.29) is 0 Å². The number of pyridine rings is 1. The minimum absolute atomic E-state index is 0.981. The predicted molar refractivity (Wildman–Crippen MR) is 144 cm³/mol. The van der Waals surface area contributed by atoms with Gasteiger partial charge in [-0.15, -0.1) is 0 Å². The number of imidazole rings is 1. The van der Waals surface area contributed by atoms with Crippen molar-refractivity contribution in [2.45, 2.75) is 12.8 Å². The molecule has 0 amide bonds. The van der Waals surface area contributed by atoms with E-state index < -0.39 is 0 Å². The smallest absolute Gasteiger partial charge is 0.146 e. The maximum absolute atomic E-state index is 5.12. The Labute approximate surface area is 202 Å².